The first-order chi connectivity index (χ1) is 13.6. The molecule has 2 N–H and O–H groups in total. The van der Waals surface area contributed by atoms with Gasteiger partial charge >= 0.3 is 5.97 Å². The van der Waals surface area contributed by atoms with E-state index in [0.717, 1.165) is 0 Å². The highest BCUT2D eigenvalue weighted by Gasteiger charge is 2.32. The molecule has 0 spiro atoms. The van der Waals surface area contributed by atoms with Gasteiger partial charge in [0.25, 0.3) is 0 Å². The van der Waals surface area contributed by atoms with Crippen LogP contribution in [0.5, 0.6) is 11.5 Å². The number of thiophene rings is 1. The Balaban J connectivity index is 1.74. The minimum Gasteiger partial charge on any atom is -0.440 e. The second kappa shape index (κ2) is 7.18. The van der Waals surface area contributed by atoms with Gasteiger partial charge in [-0.25, -0.2) is 9.18 Å². The number of nitrogens with two attached hydrogens (primary N) is 1. The number of nitrogens with zero attached hydrogens (tertiary/aromatic N) is 1. The van der Waals surface area contributed by atoms with Gasteiger partial charge < -0.3 is 15.2 Å². The highest BCUT2D eigenvalue weighted by molar-refractivity contribution is 7.12. The predicted octanol–water partition coefficient (Wildman–Crippen LogP) is 4.32. The van der Waals surface area contributed by atoms with Gasteiger partial charge in [-0.2, -0.15) is 5.26 Å². The van der Waals surface area contributed by atoms with Gasteiger partial charge in [0.05, 0.1) is 5.92 Å². The number of carbonyl (C=O) groups excluding carboxylic acids is 1. The molecular formula is C21H13FN2O3S. The lowest BCUT2D eigenvalue weighted by Gasteiger charge is -2.26. The average molecular weight is 392 g/mol. The fourth-order valence-electron chi connectivity index (χ4n) is 3.08. The van der Waals surface area contributed by atoms with E-state index in [-0.39, 0.29) is 17.2 Å². The van der Waals surface area contributed by atoms with Crippen LogP contribution in [0.2, 0.25) is 0 Å². The van der Waals surface area contributed by atoms with E-state index in [4.69, 9.17) is 15.2 Å². The van der Waals surface area contributed by atoms with Gasteiger partial charge in [0.1, 0.15) is 33.8 Å². The average Bonchev–Trinajstić information content (AvgIpc) is 3.22. The van der Waals surface area contributed by atoms with E-state index in [1.165, 1.54) is 23.5 Å². The Bertz CT molecular complexity index is 1130. The van der Waals surface area contributed by atoms with E-state index in [2.05, 4.69) is 0 Å². The number of halogens is 1. The monoisotopic (exact) mass is 392 g/mol. The fraction of sp³-hybridized carbons (Fsp3) is 0.0476. The molecule has 4 rings (SSSR count). The quantitative estimate of drug-likeness (QED) is 0.530. The van der Waals surface area contributed by atoms with Crippen LogP contribution in [0.1, 0.15) is 26.7 Å². The van der Waals surface area contributed by atoms with Crippen LogP contribution in [0.25, 0.3) is 0 Å². The third kappa shape index (κ3) is 3.10. The maximum Gasteiger partial charge on any atom is 0.353 e. The number of hydrogen-bond donors (Lipinski definition) is 1. The number of allylic oxidation sites excluding steroid dienone is 1. The third-order valence-electron chi connectivity index (χ3n) is 4.34. The molecule has 1 atom stereocenters. The zero-order valence-corrected chi connectivity index (χ0v) is 15.2. The first-order valence-corrected chi connectivity index (χ1v) is 9.18. The normalized spacial score (nSPS) is 15.4. The topological polar surface area (TPSA) is 85.3 Å². The molecule has 0 radical (unpaired) electrons. The predicted molar refractivity (Wildman–Crippen MR) is 101 cm³/mol. The van der Waals surface area contributed by atoms with Crippen LogP contribution in [-0.4, -0.2) is 5.97 Å². The summed E-state index contributed by atoms with van der Waals surface area (Å²) in [4.78, 5) is 12.6. The van der Waals surface area contributed by atoms with Crippen molar-refractivity contribution in [1.29, 1.82) is 5.26 Å². The van der Waals surface area contributed by atoms with E-state index < -0.39 is 17.7 Å². The Labute approximate surface area is 164 Å². The summed E-state index contributed by atoms with van der Waals surface area (Å²) in [6.07, 6.45) is 0. The van der Waals surface area contributed by atoms with Crippen LogP contribution in [-0.2, 0) is 0 Å². The van der Waals surface area contributed by atoms with Crippen molar-refractivity contribution in [2.45, 2.75) is 5.92 Å². The molecular weight excluding hydrogens is 379 g/mol. The molecule has 0 amide bonds. The molecule has 0 fully saturated rings. The summed E-state index contributed by atoms with van der Waals surface area (Å²) in [5, 5.41) is 11.3. The second-order valence-corrected chi connectivity index (χ2v) is 6.96. The molecule has 1 aromatic heterocycles. The Morgan fingerprint density at radius 1 is 1.18 bits per heavy atom. The van der Waals surface area contributed by atoms with Crippen molar-refractivity contribution >= 4 is 17.3 Å². The summed E-state index contributed by atoms with van der Waals surface area (Å²) in [5.41, 5.74) is 6.92. The molecule has 0 saturated carbocycles. The summed E-state index contributed by atoms with van der Waals surface area (Å²) in [5.74, 6) is -1.19. The largest absolute Gasteiger partial charge is 0.440 e. The molecule has 7 heteroatoms. The number of ether oxygens (including phenoxy) is 2. The summed E-state index contributed by atoms with van der Waals surface area (Å²) in [7, 11) is 0. The SMILES string of the molecule is N#CC1=C(N)Oc2cc(OC(=O)c3cccs3)ccc2C1c1ccccc1F. The molecule has 1 aliphatic heterocycles. The Morgan fingerprint density at radius 3 is 2.71 bits per heavy atom. The Morgan fingerprint density at radius 2 is 2.00 bits per heavy atom. The minimum atomic E-state index is -0.711. The maximum atomic E-state index is 14.4. The van der Waals surface area contributed by atoms with Crippen molar-refractivity contribution < 1.29 is 18.7 Å². The molecule has 28 heavy (non-hydrogen) atoms. The fourth-order valence-corrected chi connectivity index (χ4v) is 3.68. The summed E-state index contributed by atoms with van der Waals surface area (Å²) in [6.45, 7) is 0. The van der Waals surface area contributed by atoms with Crippen LogP contribution < -0.4 is 15.2 Å². The Kier molecular flexibility index (Phi) is 4.55. The van der Waals surface area contributed by atoms with Crippen LogP contribution in [0.3, 0.4) is 0 Å². The molecule has 0 saturated heterocycles. The maximum absolute atomic E-state index is 14.4. The number of benzene rings is 2. The van der Waals surface area contributed by atoms with Crippen molar-refractivity contribution in [3.05, 3.63) is 93.3 Å². The van der Waals surface area contributed by atoms with Gasteiger partial charge in [-0.05, 0) is 23.6 Å². The van der Waals surface area contributed by atoms with Crippen LogP contribution in [0.15, 0.2) is 71.4 Å². The van der Waals surface area contributed by atoms with Gasteiger partial charge in [-0.3, -0.25) is 0 Å². The number of hydrogen-bond acceptors (Lipinski definition) is 6. The standard InChI is InChI=1S/C21H13FN2O3S/c22-16-5-2-1-4-13(16)19-14-8-7-12(26-21(25)18-6-3-9-28-18)10-17(14)27-20(24)15(19)11-23/h1-10,19H,24H2. The van der Waals surface area contributed by atoms with E-state index in [0.29, 0.717) is 21.8 Å². The molecule has 0 bridgehead atoms. The number of fused-ring (bicyclic) bond motifs is 1. The van der Waals surface area contributed by atoms with Crippen molar-refractivity contribution in [3.8, 4) is 17.6 Å². The van der Waals surface area contributed by atoms with E-state index >= 15 is 0 Å². The van der Waals surface area contributed by atoms with Crippen LogP contribution in [0.4, 0.5) is 4.39 Å². The summed E-state index contributed by atoms with van der Waals surface area (Å²) < 4.78 is 25.4. The summed E-state index contributed by atoms with van der Waals surface area (Å²) in [6, 6.07) is 16.4. The van der Waals surface area contributed by atoms with Gasteiger partial charge in [0, 0.05) is 17.2 Å². The number of rotatable bonds is 3. The van der Waals surface area contributed by atoms with Crippen molar-refractivity contribution in [2.75, 3.05) is 0 Å². The zero-order chi connectivity index (χ0) is 19.7. The highest BCUT2D eigenvalue weighted by Crippen LogP contribution is 2.44. The van der Waals surface area contributed by atoms with Crippen molar-refractivity contribution in [1.82, 2.24) is 0 Å². The minimum absolute atomic E-state index is 0.106. The van der Waals surface area contributed by atoms with Gasteiger partial charge in [-0.1, -0.05) is 30.3 Å². The molecule has 5 nitrogen and oxygen atoms in total. The Hall–Kier alpha value is -3.63. The molecule has 138 valence electrons. The number of esters is 1. The molecule has 1 unspecified atom stereocenters. The van der Waals surface area contributed by atoms with Gasteiger partial charge in [0.2, 0.25) is 5.88 Å². The first-order valence-electron chi connectivity index (χ1n) is 8.30. The van der Waals surface area contributed by atoms with Gasteiger partial charge in [-0.15, -0.1) is 11.3 Å². The zero-order valence-electron chi connectivity index (χ0n) is 14.4. The van der Waals surface area contributed by atoms with Crippen LogP contribution >= 0.6 is 11.3 Å². The van der Waals surface area contributed by atoms with Gasteiger partial charge in [0.15, 0.2) is 0 Å². The lowest BCUT2D eigenvalue weighted by atomic mass is 9.83. The van der Waals surface area contributed by atoms with E-state index in [1.54, 1.807) is 47.8 Å². The third-order valence-corrected chi connectivity index (χ3v) is 5.19. The van der Waals surface area contributed by atoms with Crippen LogP contribution in [0, 0.1) is 17.1 Å². The first kappa shape index (κ1) is 17.8. The molecule has 1 aliphatic rings. The lowest BCUT2D eigenvalue weighted by Crippen LogP contribution is -2.21. The molecule has 2 heterocycles. The second-order valence-electron chi connectivity index (χ2n) is 6.01. The summed E-state index contributed by atoms with van der Waals surface area (Å²) >= 11 is 1.27. The van der Waals surface area contributed by atoms with E-state index in [1.807, 2.05) is 6.07 Å². The highest BCUT2D eigenvalue weighted by atomic mass is 32.1. The lowest BCUT2D eigenvalue weighted by molar-refractivity contribution is 0.0739. The number of carbonyl (C=O) groups is 1. The molecule has 3 aromatic rings. The smallest absolute Gasteiger partial charge is 0.353 e. The molecule has 0 aliphatic carbocycles. The van der Waals surface area contributed by atoms with Crippen molar-refractivity contribution in [3.63, 3.8) is 0 Å². The van der Waals surface area contributed by atoms with E-state index in [9.17, 15) is 14.4 Å². The molecule has 2 aromatic carbocycles. The number of nitriles is 1. The van der Waals surface area contributed by atoms with Crippen molar-refractivity contribution in [2.24, 2.45) is 5.73 Å².